The molecule has 1 aliphatic heterocycles. The number of benzene rings is 1. The highest BCUT2D eigenvalue weighted by atomic mass is 16.4. The van der Waals surface area contributed by atoms with Gasteiger partial charge in [0, 0.05) is 19.3 Å². The van der Waals surface area contributed by atoms with Crippen molar-refractivity contribution in [2.45, 2.75) is 25.6 Å². The summed E-state index contributed by atoms with van der Waals surface area (Å²) in [6.07, 6.45) is 2.29. The highest BCUT2D eigenvalue weighted by Gasteiger charge is 2.31. The van der Waals surface area contributed by atoms with E-state index in [9.17, 15) is 9.90 Å². The predicted molar refractivity (Wildman–Crippen MR) is 75.1 cm³/mol. The van der Waals surface area contributed by atoms with E-state index in [1.807, 2.05) is 41.3 Å². The van der Waals surface area contributed by atoms with E-state index in [0.717, 1.165) is 11.3 Å². The molecule has 4 heteroatoms. The van der Waals surface area contributed by atoms with Gasteiger partial charge in [-0.1, -0.05) is 30.3 Å². The summed E-state index contributed by atoms with van der Waals surface area (Å²) < 4.78 is 0. The van der Waals surface area contributed by atoms with Gasteiger partial charge in [0.1, 0.15) is 6.04 Å². The second-order valence-corrected chi connectivity index (χ2v) is 5.05. The first kappa shape index (κ1) is 12.8. The van der Waals surface area contributed by atoms with Gasteiger partial charge in [0.05, 0.1) is 5.69 Å². The number of aliphatic carboxylic acids is 1. The molecule has 0 saturated heterocycles. The smallest absolute Gasteiger partial charge is 0.321 e. The molecule has 0 saturated carbocycles. The second kappa shape index (κ2) is 5.43. The number of fused-ring (bicyclic) bond motifs is 1. The third-order valence-electron chi connectivity index (χ3n) is 3.72. The first-order chi connectivity index (χ1) is 9.74. The maximum Gasteiger partial charge on any atom is 0.321 e. The number of nitrogens with zero attached hydrogens (tertiary/aromatic N) is 2. The minimum atomic E-state index is -0.768. The molecule has 1 aromatic heterocycles. The zero-order chi connectivity index (χ0) is 13.9. The van der Waals surface area contributed by atoms with Crippen molar-refractivity contribution in [1.82, 2.24) is 9.88 Å². The van der Waals surface area contributed by atoms with Crippen LogP contribution < -0.4 is 0 Å². The lowest BCUT2D eigenvalue weighted by atomic mass is 9.94. The number of carbonyl (C=O) groups is 1. The Morgan fingerprint density at radius 2 is 1.95 bits per heavy atom. The monoisotopic (exact) mass is 268 g/mol. The summed E-state index contributed by atoms with van der Waals surface area (Å²) in [6.45, 7) is 1.22. The fraction of sp³-hybridized carbons (Fsp3) is 0.250. The van der Waals surface area contributed by atoms with Crippen LogP contribution >= 0.6 is 0 Å². The van der Waals surface area contributed by atoms with E-state index in [2.05, 4.69) is 11.1 Å². The quantitative estimate of drug-likeness (QED) is 0.926. The molecule has 0 bridgehead atoms. The van der Waals surface area contributed by atoms with Gasteiger partial charge in [0.2, 0.25) is 0 Å². The van der Waals surface area contributed by atoms with Gasteiger partial charge in [-0.15, -0.1) is 0 Å². The molecule has 0 fully saturated rings. The van der Waals surface area contributed by atoms with E-state index in [0.29, 0.717) is 19.5 Å². The van der Waals surface area contributed by atoms with Crippen molar-refractivity contribution in [3.05, 3.63) is 65.5 Å². The van der Waals surface area contributed by atoms with Gasteiger partial charge in [-0.25, -0.2) is 0 Å². The van der Waals surface area contributed by atoms with Gasteiger partial charge in [-0.2, -0.15) is 0 Å². The van der Waals surface area contributed by atoms with Gasteiger partial charge in [0.25, 0.3) is 0 Å². The molecule has 102 valence electrons. The van der Waals surface area contributed by atoms with Crippen LogP contribution in [0.5, 0.6) is 0 Å². The highest BCUT2D eigenvalue weighted by Crippen LogP contribution is 2.24. The maximum absolute atomic E-state index is 11.5. The Bertz CT molecular complexity index is 613. The number of hydrogen-bond acceptors (Lipinski definition) is 3. The molecule has 1 aliphatic rings. The van der Waals surface area contributed by atoms with Crippen molar-refractivity contribution >= 4 is 5.97 Å². The molecule has 2 aromatic rings. The van der Waals surface area contributed by atoms with Crippen molar-refractivity contribution in [2.75, 3.05) is 0 Å². The Labute approximate surface area is 117 Å². The van der Waals surface area contributed by atoms with Gasteiger partial charge < -0.3 is 5.11 Å². The second-order valence-electron chi connectivity index (χ2n) is 5.05. The lowest BCUT2D eigenvalue weighted by molar-refractivity contribution is -0.144. The van der Waals surface area contributed by atoms with Crippen LogP contribution in [-0.4, -0.2) is 27.0 Å². The topological polar surface area (TPSA) is 53.4 Å². The summed E-state index contributed by atoms with van der Waals surface area (Å²) in [5, 5.41) is 9.45. The minimum Gasteiger partial charge on any atom is -0.480 e. The van der Waals surface area contributed by atoms with Gasteiger partial charge in [0.15, 0.2) is 0 Å². The molecule has 1 unspecified atom stereocenters. The standard InChI is InChI=1S/C16H16N2O2/c19-16(20)15-9-12-5-1-2-6-13(12)10-18(15)11-14-7-3-4-8-17-14/h1-8,15H,9-11H2,(H,19,20). The first-order valence-corrected chi connectivity index (χ1v) is 6.67. The SMILES string of the molecule is O=C(O)C1Cc2ccccc2CN1Cc1ccccn1. The molecule has 1 aromatic carbocycles. The minimum absolute atomic E-state index is 0.480. The predicted octanol–water partition coefficient (Wildman–Crippen LogP) is 2.09. The summed E-state index contributed by atoms with van der Waals surface area (Å²) >= 11 is 0. The Balaban J connectivity index is 1.87. The van der Waals surface area contributed by atoms with Gasteiger partial charge in [-0.05, 0) is 29.7 Å². The molecule has 4 nitrogen and oxygen atoms in total. The molecule has 3 rings (SSSR count). The molecule has 0 aliphatic carbocycles. The van der Waals surface area contributed by atoms with Crippen LogP contribution in [0.1, 0.15) is 16.8 Å². The fourth-order valence-electron chi connectivity index (χ4n) is 2.69. The Kier molecular flexibility index (Phi) is 3.48. The van der Waals surface area contributed by atoms with E-state index in [4.69, 9.17) is 0 Å². The highest BCUT2D eigenvalue weighted by molar-refractivity contribution is 5.74. The molecule has 1 N–H and O–H groups in total. The molecule has 0 radical (unpaired) electrons. The van der Waals surface area contributed by atoms with Crippen molar-refractivity contribution < 1.29 is 9.90 Å². The summed E-state index contributed by atoms with van der Waals surface area (Å²) in [6, 6.07) is 13.3. The van der Waals surface area contributed by atoms with Crippen LogP contribution in [0.4, 0.5) is 0 Å². The number of aromatic nitrogens is 1. The average molecular weight is 268 g/mol. The van der Waals surface area contributed by atoms with Crippen molar-refractivity contribution in [1.29, 1.82) is 0 Å². The lowest BCUT2D eigenvalue weighted by Gasteiger charge is -2.34. The molecular weight excluding hydrogens is 252 g/mol. The van der Waals surface area contributed by atoms with Crippen molar-refractivity contribution in [3.63, 3.8) is 0 Å². The molecule has 0 amide bonds. The zero-order valence-electron chi connectivity index (χ0n) is 11.1. The van der Waals surface area contributed by atoms with E-state index in [1.165, 1.54) is 5.56 Å². The number of hydrogen-bond donors (Lipinski definition) is 1. The molecule has 1 atom stereocenters. The van der Waals surface area contributed by atoms with E-state index < -0.39 is 12.0 Å². The molecule has 0 spiro atoms. The van der Waals surface area contributed by atoms with Gasteiger partial charge in [-0.3, -0.25) is 14.7 Å². The van der Waals surface area contributed by atoms with Crippen LogP contribution in [0.25, 0.3) is 0 Å². The van der Waals surface area contributed by atoms with Crippen molar-refractivity contribution in [3.8, 4) is 0 Å². The maximum atomic E-state index is 11.5. The number of pyridine rings is 1. The zero-order valence-corrected chi connectivity index (χ0v) is 11.1. The third-order valence-corrected chi connectivity index (χ3v) is 3.72. The van der Waals surface area contributed by atoms with Crippen LogP contribution in [0.3, 0.4) is 0 Å². The summed E-state index contributed by atoms with van der Waals surface area (Å²) in [7, 11) is 0. The molecule has 2 heterocycles. The van der Waals surface area contributed by atoms with Crippen LogP contribution in [0.2, 0.25) is 0 Å². The molecule has 20 heavy (non-hydrogen) atoms. The normalized spacial score (nSPS) is 18.5. The Morgan fingerprint density at radius 3 is 2.65 bits per heavy atom. The van der Waals surface area contributed by atoms with Crippen LogP contribution in [-0.2, 0) is 24.3 Å². The first-order valence-electron chi connectivity index (χ1n) is 6.67. The average Bonchev–Trinajstić information content (AvgIpc) is 2.47. The Morgan fingerprint density at radius 1 is 1.20 bits per heavy atom. The largest absolute Gasteiger partial charge is 0.480 e. The van der Waals surface area contributed by atoms with E-state index >= 15 is 0 Å². The Hall–Kier alpha value is -2.20. The van der Waals surface area contributed by atoms with E-state index in [-0.39, 0.29) is 0 Å². The number of rotatable bonds is 3. The summed E-state index contributed by atoms with van der Waals surface area (Å²) in [5.41, 5.74) is 3.25. The third kappa shape index (κ3) is 2.56. The number of carboxylic acids is 1. The number of carboxylic acid groups (broad SMARTS) is 1. The summed E-state index contributed by atoms with van der Waals surface area (Å²) in [4.78, 5) is 17.8. The van der Waals surface area contributed by atoms with Crippen molar-refractivity contribution in [2.24, 2.45) is 0 Å². The van der Waals surface area contributed by atoms with Gasteiger partial charge >= 0.3 is 5.97 Å². The van der Waals surface area contributed by atoms with Crippen LogP contribution in [0.15, 0.2) is 48.7 Å². The molecular formula is C16H16N2O2. The van der Waals surface area contributed by atoms with E-state index in [1.54, 1.807) is 6.20 Å². The fourth-order valence-corrected chi connectivity index (χ4v) is 2.69. The lowest BCUT2D eigenvalue weighted by Crippen LogP contribution is -2.45. The van der Waals surface area contributed by atoms with Crippen LogP contribution in [0, 0.1) is 0 Å². The summed E-state index contributed by atoms with van der Waals surface area (Å²) in [5.74, 6) is -0.768.